The van der Waals surface area contributed by atoms with Gasteiger partial charge in [0.05, 0.1) is 6.04 Å². The lowest BCUT2D eigenvalue weighted by Crippen LogP contribution is -2.45. The number of likely N-dealkylation sites (N-methyl/N-ethyl adjacent to an activating group) is 2. The Morgan fingerprint density at radius 2 is 1.14 bits per heavy atom. The number of aliphatic hydroxyl groups is 1. The zero-order chi connectivity index (χ0) is 48.2. The number of aliphatic hydroxyl groups excluding tert-OH is 1. The van der Waals surface area contributed by atoms with Crippen LogP contribution in [0.3, 0.4) is 0 Å². The molecule has 2 aromatic carbocycles. The molecule has 0 aliphatic carbocycles. The molecule has 5 N–H and O–H groups in total. The zero-order valence-electron chi connectivity index (χ0n) is 35.1. The predicted octanol–water partition coefficient (Wildman–Crippen LogP) is 4.34. The summed E-state index contributed by atoms with van der Waals surface area (Å²) in [5, 5.41) is 34.0. The summed E-state index contributed by atoms with van der Waals surface area (Å²) in [6.07, 6.45) is 13.0. The fraction of sp³-hybridized carbons (Fsp3) is 0.349. The van der Waals surface area contributed by atoms with Gasteiger partial charge in [0.15, 0.2) is 22.9 Å². The number of terminal acetylenes is 1. The van der Waals surface area contributed by atoms with Crippen molar-refractivity contribution in [2.45, 2.75) is 65.7 Å². The van der Waals surface area contributed by atoms with Crippen molar-refractivity contribution in [2.24, 2.45) is 0 Å². The van der Waals surface area contributed by atoms with Crippen molar-refractivity contribution in [1.29, 1.82) is 0 Å². The van der Waals surface area contributed by atoms with Gasteiger partial charge in [-0.05, 0) is 13.3 Å². The molecule has 0 spiro atoms. The molecule has 0 fully saturated rings. The molecule has 64 heavy (non-hydrogen) atoms. The van der Waals surface area contributed by atoms with Gasteiger partial charge in [-0.15, -0.1) is 12.8 Å². The normalized spacial score (nSPS) is 13.8. The van der Waals surface area contributed by atoms with Crippen LogP contribution < -0.4 is 21.5 Å². The average molecular weight is 905 g/mol. The van der Waals surface area contributed by atoms with Crippen LogP contribution >= 0.6 is 0 Å². The first kappa shape index (κ1) is 51.3. The molecule has 0 saturated carbocycles. The second kappa shape index (κ2) is 22.8. The Labute approximate surface area is 362 Å². The van der Waals surface area contributed by atoms with Crippen LogP contribution in [0.4, 0.5) is 26.3 Å². The fourth-order valence-corrected chi connectivity index (χ4v) is 6.27. The van der Waals surface area contributed by atoms with E-state index in [1.807, 2.05) is 0 Å². The van der Waals surface area contributed by atoms with Crippen molar-refractivity contribution in [3.8, 4) is 24.3 Å². The summed E-state index contributed by atoms with van der Waals surface area (Å²) in [5.41, 5.74) is -4.97. The maximum Gasteiger partial charge on any atom is 0.274 e. The number of unbranched alkanes of at least 4 members (excludes halogenated alkanes) is 1. The number of benzene rings is 2. The van der Waals surface area contributed by atoms with Crippen LogP contribution in [-0.4, -0.2) is 91.2 Å². The second-order valence-electron chi connectivity index (χ2n) is 14.0. The SMILES string of the molecule is C#C.CCCC.CCN1C[C@@H](CCO)n2cc(C(=O)NCc3c(F)cc(F)cc3F)c(=O)c(O)c2C1=O.CN1CCn2cc(C(=O)NCc3c(F)cc(F)cc3F)c(=O)c(O)c2C1=O. The first-order valence-electron chi connectivity index (χ1n) is 19.6. The molecule has 2 aliphatic heterocycles. The highest BCUT2D eigenvalue weighted by Crippen LogP contribution is 2.28. The largest absolute Gasteiger partial charge is 0.503 e. The van der Waals surface area contributed by atoms with Crippen LogP contribution in [-0.2, 0) is 19.6 Å². The van der Waals surface area contributed by atoms with E-state index in [2.05, 4.69) is 37.3 Å². The number of carbonyl (C=O) groups excluding carboxylic acids is 4. The lowest BCUT2D eigenvalue weighted by molar-refractivity contribution is 0.0651. The standard InChI is InChI=1S/C20H20F3N3O5.C17H14F3N3O4.C4H10.C2H2/c1-2-25-8-11(3-4-27)26-9-13(17(28)18(29)16(26)20(25)31)19(30)24-7-12-14(22)5-10(21)6-15(12)23;1-22-2-3-23-7-10(14(24)15(25)13(23)17(22)27)16(26)21-6-9-11(19)4-8(18)5-12(9)20;1-3-4-2;1-2/h5-6,9,11,27,29H,2-4,7-8H2,1H3,(H,24,30);4-5,7,25H,2-3,6H2,1H3,(H,21,26);3-4H2,1-2H3;1-2H/t11-;;;/m1.../s1. The van der Waals surface area contributed by atoms with Gasteiger partial charge < -0.3 is 44.9 Å². The summed E-state index contributed by atoms with van der Waals surface area (Å²) in [6.45, 7) is 5.57. The van der Waals surface area contributed by atoms with Gasteiger partial charge in [0.25, 0.3) is 23.6 Å². The molecule has 0 bridgehead atoms. The minimum atomic E-state index is -1.21. The molecule has 4 amide bonds. The summed E-state index contributed by atoms with van der Waals surface area (Å²) in [6, 6.07) is 1.32. The van der Waals surface area contributed by atoms with E-state index in [4.69, 9.17) is 0 Å². The van der Waals surface area contributed by atoms with E-state index in [1.54, 1.807) is 6.92 Å². The van der Waals surface area contributed by atoms with Crippen LogP contribution in [0.15, 0.2) is 46.2 Å². The number of hydrogen-bond acceptors (Lipinski definition) is 9. The highest BCUT2D eigenvalue weighted by atomic mass is 19.2. The Hall–Kier alpha value is -7.08. The summed E-state index contributed by atoms with van der Waals surface area (Å²) in [7, 11) is 1.50. The quantitative estimate of drug-likeness (QED) is 0.113. The summed E-state index contributed by atoms with van der Waals surface area (Å²) >= 11 is 0. The predicted molar refractivity (Wildman–Crippen MR) is 219 cm³/mol. The van der Waals surface area contributed by atoms with Crippen molar-refractivity contribution in [3.63, 3.8) is 0 Å². The zero-order valence-corrected chi connectivity index (χ0v) is 35.1. The van der Waals surface area contributed by atoms with Gasteiger partial charge in [0.2, 0.25) is 10.9 Å². The maximum absolute atomic E-state index is 13.8. The molecule has 344 valence electrons. The van der Waals surface area contributed by atoms with Gasteiger partial charge in [-0.25, -0.2) is 26.3 Å². The van der Waals surface area contributed by atoms with E-state index < -0.39 is 122 Å². The molecule has 4 heterocycles. The lowest BCUT2D eigenvalue weighted by Gasteiger charge is -2.35. The van der Waals surface area contributed by atoms with Crippen molar-refractivity contribution < 1.29 is 60.8 Å². The number of amides is 4. The van der Waals surface area contributed by atoms with Crippen LogP contribution in [0.1, 0.15) is 98.9 Å². The highest BCUT2D eigenvalue weighted by Gasteiger charge is 2.35. The topological polar surface area (TPSA) is 204 Å². The third-order valence-electron chi connectivity index (χ3n) is 9.90. The molecule has 0 unspecified atom stereocenters. The summed E-state index contributed by atoms with van der Waals surface area (Å²) < 4.78 is 83.3. The van der Waals surface area contributed by atoms with Gasteiger partial charge in [-0.3, -0.25) is 28.8 Å². The van der Waals surface area contributed by atoms with Crippen LogP contribution in [0.25, 0.3) is 0 Å². The number of hydrogen-bond donors (Lipinski definition) is 5. The Bertz CT molecular complexity index is 2500. The van der Waals surface area contributed by atoms with Crippen LogP contribution in [0.5, 0.6) is 11.5 Å². The average Bonchev–Trinajstić information content (AvgIpc) is 3.25. The van der Waals surface area contributed by atoms with E-state index in [-0.39, 0.29) is 37.5 Å². The van der Waals surface area contributed by atoms with E-state index in [9.17, 15) is 70.4 Å². The Kier molecular flexibility index (Phi) is 18.3. The van der Waals surface area contributed by atoms with E-state index in [0.29, 0.717) is 37.4 Å². The molecule has 15 nitrogen and oxygen atoms in total. The van der Waals surface area contributed by atoms with E-state index >= 15 is 0 Å². The van der Waals surface area contributed by atoms with Gasteiger partial charge in [-0.2, -0.15) is 0 Å². The molecule has 1 atom stereocenters. The Balaban J connectivity index is 0.000000305. The second-order valence-corrected chi connectivity index (χ2v) is 14.0. The fourth-order valence-electron chi connectivity index (χ4n) is 6.27. The number of nitrogens with zero attached hydrogens (tertiary/aromatic N) is 4. The third-order valence-corrected chi connectivity index (χ3v) is 9.90. The van der Waals surface area contributed by atoms with Gasteiger partial charge in [0, 0.05) is 101 Å². The first-order chi connectivity index (χ1) is 30.3. The van der Waals surface area contributed by atoms with Crippen molar-refractivity contribution in [2.75, 3.05) is 33.3 Å². The first-order valence-corrected chi connectivity index (χ1v) is 19.6. The molecule has 0 saturated heterocycles. The molecule has 21 heteroatoms. The number of halogens is 6. The number of nitrogens with one attached hydrogen (secondary N) is 2. The minimum Gasteiger partial charge on any atom is -0.503 e. The smallest absolute Gasteiger partial charge is 0.274 e. The number of aromatic nitrogens is 2. The number of aromatic hydroxyl groups is 2. The van der Waals surface area contributed by atoms with Crippen molar-refractivity contribution >= 4 is 23.6 Å². The van der Waals surface area contributed by atoms with Crippen molar-refractivity contribution in [1.82, 2.24) is 29.6 Å². The molecule has 2 aromatic heterocycles. The van der Waals surface area contributed by atoms with Crippen LogP contribution in [0.2, 0.25) is 0 Å². The molecule has 4 aromatic rings. The van der Waals surface area contributed by atoms with Gasteiger partial charge in [0.1, 0.15) is 46.0 Å². The molecular weight excluding hydrogens is 858 g/mol. The monoisotopic (exact) mass is 904 g/mol. The summed E-state index contributed by atoms with van der Waals surface area (Å²) in [4.78, 5) is 76.9. The van der Waals surface area contributed by atoms with E-state index in [0.717, 1.165) is 12.4 Å². The molecule has 2 aliphatic rings. The molecular formula is C43H46F6N6O9. The summed E-state index contributed by atoms with van der Waals surface area (Å²) in [5.74, 6) is -12.1. The Morgan fingerprint density at radius 3 is 1.56 bits per heavy atom. The minimum absolute atomic E-state index is 0.187. The maximum atomic E-state index is 13.8. The number of fused-ring (bicyclic) bond motifs is 2. The molecule has 6 rings (SSSR count). The third kappa shape index (κ3) is 11.5. The van der Waals surface area contributed by atoms with Crippen molar-refractivity contribution in [3.05, 3.63) is 126 Å². The highest BCUT2D eigenvalue weighted by molar-refractivity contribution is 6.00. The lowest BCUT2D eigenvalue weighted by atomic mass is 10.1. The molecule has 0 radical (unpaired) electrons. The number of rotatable bonds is 10. The van der Waals surface area contributed by atoms with Gasteiger partial charge >= 0.3 is 0 Å². The number of pyridine rings is 2. The van der Waals surface area contributed by atoms with E-state index in [1.165, 1.54) is 38.8 Å². The van der Waals surface area contributed by atoms with Crippen LogP contribution in [0, 0.1) is 47.8 Å². The Morgan fingerprint density at radius 1 is 0.703 bits per heavy atom. The van der Waals surface area contributed by atoms with Gasteiger partial charge in [-0.1, -0.05) is 26.7 Å². The number of carbonyl (C=O) groups is 4.